The Morgan fingerprint density at radius 1 is 0.857 bits per heavy atom. The van der Waals surface area contributed by atoms with E-state index in [9.17, 15) is 0 Å². The zero-order valence-electron chi connectivity index (χ0n) is 13.3. The second-order valence-electron chi connectivity index (χ2n) is 6.75. The molecule has 0 unspecified atom stereocenters. The van der Waals surface area contributed by atoms with Gasteiger partial charge in [-0.3, -0.25) is 0 Å². The third kappa shape index (κ3) is 4.23. The first kappa shape index (κ1) is 14.9. The summed E-state index contributed by atoms with van der Waals surface area (Å²) < 4.78 is 0. The van der Waals surface area contributed by atoms with Crippen LogP contribution in [0.25, 0.3) is 0 Å². The van der Waals surface area contributed by atoms with Crippen LogP contribution in [-0.2, 0) is 6.54 Å². The van der Waals surface area contributed by atoms with E-state index in [-0.39, 0.29) is 0 Å². The van der Waals surface area contributed by atoms with Crippen LogP contribution in [0.2, 0.25) is 0 Å². The van der Waals surface area contributed by atoms with Crippen molar-refractivity contribution in [1.29, 1.82) is 0 Å². The minimum Gasteiger partial charge on any atom is -0.371 e. The first-order chi connectivity index (χ1) is 10.4. The molecule has 21 heavy (non-hydrogen) atoms. The van der Waals surface area contributed by atoms with Crippen molar-refractivity contribution >= 4 is 5.69 Å². The Hall–Kier alpha value is -1.02. The molecule has 0 aromatic heterocycles. The highest BCUT2D eigenvalue weighted by Crippen LogP contribution is 2.25. The summed E-state index contributed by atoms with van der Waals surface area (Å²) >= 11 is 0. The fraction of sp³-hybridized carbons (Fsp3) is 0.684. The van der Waals surface area contributed by atoms with Gasteiger partial charge in [-0.25, -0.2) is 0 Å². The third-order valence-corrected chi connectivity index (χ3v) is 5.12. The largest absolute Gasteiger partial charge is 0.371 e. The highest BCUT2D eigenvalue weighted by molar-refractivity contribution is 5.54. The van der Waals surface area contributed by atoms with E-state index in [1.165, 1.54) is 82.1 Å². The average molecular weight is 286 g/mol. The fourth-order valence-electron chi connectivity index (χ4n) is 3.84. The number of hydrogen-bond donors (Lipinski definition) is 1. The topological polar surface area (TPSA) is 15.3 Å². The Labute approximate surface area is 129 Å². The second kappa shape index (κ2) is 7.84. The summed E-state index contributed by atoms with van der Waals surface area (Å²) in [6, 6.07) is 9.73. The van der Waals surface area contributed by atoms with Crippen LogP contribution < -0.4 is 10.2 Å². The van der Waals surface area contributed by atoms with Gasteiger partial charge < -0.3 is 10.2 Å². The quantitative estimate of drug-likeness (QED) is 0.877. The molecule has 1 heterocycles. The van der Waals surface area contributed by atoms with E-state index in [4.69, 9.17) is 0 Å². The SMILES string of the molecule is c1ccc(N2CCCC2)c(CNC2CCCCCCC2)c1. The molecule has 1 saturated heterocycles. The second-order valence-corrected chi connectivity index (χ2v) is 6.75. The third-order valence-electron chi connectivity index (χ3n) is 5.12. The molecule has 1 N–H and O–H groups in total. The van der Waals surface area contributed by atoms with Crippen LogP contribution in [0.3, 0.4) is 0 Å². The highest BCUT2D eigenvalue weighted by Gasteiger charge is 2.16. The van der Waals surface area contributed by atoms with Gasteiger partial charge >= 0.3 is 0 Å². The molecule has 1 aromatic carbocycles. The maximum Gasteiger partial charge on any atom is 0.0411 e. The lowest BCUT2D eigenvalue weighted by Gasteiger charge is -2.24. The summed E-state index contributed by atoms with van der Waals surface area (Å²) in [6.45, 7) is 3.51. The van der Waals surface area contributed by atoms with Gasteiger partial charge in [0.15, 0.2) is 0 Å². The van der Waals surface area contributed by atoms with E-state index >= 15 is 0 Å². The van der Waals surface area contributed by atoms with Crippen LogP contribution in [-0.4, -0.2) is 19.1 Å². The van der Waals surface area contributed by atoms with Crippen molar-refractivity contribution in [2.75, 3.05) is 18.0 Å². The lowest BCUT2D eigenvalue weighted by Crippen LogP contribution is -2.30. The van der Waals surface area contributed by atoms with Gasteiger partial charge in [-0.2, -0.15) is 0 Å². The molecule has 0 radical (unpaired) electrons. The average Bonchev–Trinajstić information content (AvgIpc) is 3.00. The predicted molar refractivity (Wildman–Crippen MR) is 90.8 cm³/mol. The number of nitrogens with one attached hydrogen (secondary N) is 1. The van der Waals surface area contributed by atoms with Gasteiger partial charge in [0.1, 0.15) is 0 Å². The highest BCUT2D eigenvalue weighted by atomic mass is 15.1. The zero-order chi connectivity index (χ0) is 14.3. The molecule has 2 nitrogen and oxygen atoms in total. The molecule has 1 saturated carbocycles. The Morgan fingerprint density at radius 3 is 2.29 bits per heavy atom. The molecule has 1 aliphatic carbocycles. The maximum atomic E-state index is 3.84. The van der Waals surface area contributed by atoms with Crippen LogP contribution >= 0.6 is 0 Å². The van der Waals surface area contributed by atoms with Crippen LogP contribution in [0.15, 0.2) is 24.3 Å². The summed E-state index contributed by atoms with van der Waals surface area (Å²) in [7, 11) is 0. The zero-order valence-corrected chi connectivity index (χ0v) is 13.3. The Kier molecular flexibility index (Phi) is 5.56. The molecule has 116 valence electrons. The van der Waals surface area contributed by atoms with Gasteiger partial charge in [0.2, 0.25) is 0 Å². The molecule has 0 bridgehead atoms. The van der Waals surface area contributed by atoms with Gasteiger partial charge in [-0.05, 0) is 37.3 Å². The number of nitrogens with zero attached hydrogens (tertiary/aromatic N) is 1. The van der Waals surface area contributed by atoms with Crippen molar-refractivity contribution in [2.45, 2.75) is 70.4 Å². The monoisotopic (exact) mass is 286 g/mol. The van der Waals surface area contributed by atoms with Crippen molar-refractivity contribution in [3.05, 3.63) is 29.8 Å². The summed E-state index contributed by atoms with van der Waals surface area (Å²) in [5.41, 5.74) is 2.95. The van der Waals surface area contributed by atoms with Crippen molar-refractivity contribution in [1.82, 2.24) is 5.32 Å². The van der Waals surface area contributed by atoms with E-state index < -0.39 is 0 Å². The first-order valence-electron chi connectivity index (χ1n) is 9.00. The van der Waals surface area contributed by atoms with Crippen LogP contribution in [0, 0.1) is 0 Å². The van der Waals surface area contributed by atoms with Gasteiger partial charge in [0, 0.05) is 31.4 Å². The summed E-state index contributed by atoms with van der Waals surface area (Å²) in [5.74, 6) is 0. The van der Waals surface area contributed by atoms with E-state index in [1.54, 1.807) is 0 Å². The standard InChI is InChI=1S/C19H30N2/c1-2-4-11-18(12-5-3-1)20-16-17-10-6-7-13-19(17)21-14-8-9-15-21/h6-7,10,13,18,20H,1-5,8-9,11-12,14-16H2. The maximum absolute atomic E-state index is 3.84. The molecular weight excluding hydrogens is 256 g/mol. The number of rotatable bonds is 4. The van der Waals surface area contributed by atoms with Crippen molar-refractivity contribution in [3.63, 3.8) is 0 Å². The Morgan fingerprint density at radius 2 is 1.52 bits per heavy atom. The normalized spacial score (nSPS) is 21.2. The minimum absolute atomic E-state index is 0.733. The minimum atomic E-state index is 0.733. The summed E-state index contributed by atoms with van der Waals surface area (Å²) in [6.07, 6.45) is 12.6. The molecule has 1 aromatic rings. The van der Waals surface area contributed by atoms with Crippen molar-refractivity contribution in [2.24, 2.45) is 0 Å². The molecule has 1 aliphatic heterocycles. The number of anilines is 1. The smallest absolute Gasteiger partial charge is 0.0411 e. The van der Waals surface area contributed by atoms with Crippen LogP contribution in [0.5, 0.6) is 0 Å². The first-order valence-corrected chi connectivity index (χ1v) is 9.00. The fourth-order valence-corrected chi connectivity index (χ4v) is 3.84. The lowest BCUT2D eigenvalue weighted by molar-refractivity contribution is 0.389. The van der Waals surface area contributed by atoms with Crippen molar-refractivity contribution in [3.8, 4) is 0 Å². The molecular formula is C19H30N2. The Balaban J connectivity index is 1.59. The number of benzene rings is 1. The van der Waals surface area contributed by atoms with Gasteiger partial charge in [-0.1, -0.05) is 50.3 Å². The molecule has 2 heteroatoms. The lowest BCUT2D eigenvalue weighted by atomic mass is 9.96. The summed E-state index contributed by atoms with van der Waals surface area (Å²) in [5, 5.41) is 3.84. The number of para-hydroxylation sites is 1. The van der Waals surface area contributed by atoms with Crippen molar-refractivity contribution < 1.29 is 0 Å². The van der Waals surface area contributed by atoms with E-state index in [2.05, 4.69) is 34.5 Å². The number of hydrogen-bond acceptors (Lipinski definition) is 2. The Bertz CT molecular complexity index is 415. The van der Waals surface area contributed by atoms with E-state index in [0.29, 0.717) is 0 Å². The van der Waals surface area contributed by atoms with Gasteiger partial charge in [-0.15, -0.1) is 0 Å². The summed E-state index contributed by atoms with van der Waals surface area (Å²) in [4.78, 5) is 2.56. The van der Waals surface area contributed by atoms with Gasteiger partial charge in [0.25, 0.3) is 0 Å². The van der Waals surface area contributed by atoms with E-state index in [0.717, 1.165) is 12.6 Å². The molecule has 0 atom stereocenters. The molecule has 2 aliphatic rings. The molecule has 3 rings (SSSR count). The predicted octanol–water partition coefficient (Wildman–Crippen LogP) is 4.49. The molecule has 0 spiro atoms. The molecule has 2 fully saturated rings. The van der Waals surface area contributed by atoms with Gasteiger partial charge in [0.05, 0.1) is 0 Å². The molecule has 0 amide bonds. The van der Waals surface area contributed by atoms with Crippen LogP contribution in [0.1, 0.15) is 63.4 Å². The van der Waals surface area contributed by atoms with E-state index in [1.807, 2.05) is 0 Å². The van der Waals surface area contributed by atoms with Crippen LogP contribution in [0.4, 0.5) is 5.69 Å².